The number of aryl methyl sites for hydroxylation is 1. The Morgan fingerprint density at radius 3 is 2.95 bits per heavy atom. The number of aromatic carboxylic acids is 1. The number of rotatable bonds is 2. The Balaban J connectivity index is 1.88. The molecule has 0 atom stereocenters. The molecule has 0 spiro atoms. The summed E-state index contributed by atoms with van der Waals surface area (Å²) in [6.07, 6.45) is 3.77. The number of pyridine rings is 1. The van der Waals surface area contributed by atoms with E-state index in [9.17, 15) is 4.79 Å². The van der Waals surface area contributed by atoms with Gasteiger partial charge in [-0.05, 0) is 19.1 Å². The molecule has 98 valence electrons. The molecule has 6 nitrogen and oxygen atoms in total. The van der Waals surface area contributed by atoms with Gasteiger partial charge < -0.3 is 14.6 Å². The Hall–Kier alpha value is -2.37. The number of carboxylic acid groups (broad SMARTS) is 1. The molecule has 2 aromatic rings. The van der Waals surface area contributed by atoms with Crippen LogP contribution in [0.25, 0.3) is 0 Å². The van der Waals surface area contributed by atoms with Gasteiger partial charge in [0.2, 0.25) is 0 Å². The highest BCUT2D eigenvalue weighted by Crippen LogP contribution is 2.19. The zero-order chi connectivity index (χ0) is 13.4. The van der Waals surface area contributed by atoms with E-state index in [2.05, 4.69) is 19.4 Å². The van der Waals surface area contributed by atoms with Crippen LogP contribution in [-0.2, 0) is 13.1 Å². The largest absolute Gasteiger partial charge is 0.478 e. The second kappa shape index (κ2) is 4.38. The number of hydrogen-bond acceptors (Lipinski definition) is 4. The van der Waals surface area contributed by atoms with Crippen molar-refractivity contribution in [3.8, 4) is 0 Å². The van der Waals surface area contributed by atoms with Crippen LogP contribution >= 0.6 is 0 Å². The Labute approximate surface area is 110 Å². The molecule has 1 aliphatic rings. The summed E-state index contributed by atoms with van der Waals surface area (Å²) < 4.78 is 2.12. The van der Waals surface area contributed by atoms with Crippen LogP contribution in [0.1, 0.15) is 21.9 Å². The molecule has 1 aliphatic heterocycles. The zero-order valence-electron chi connectivity index (χ0n) is 10.6. The number of hydrogen-bond donors (Lipinski definition) is 1. The minimum atomic E-state index is -0.939. The van der Waals surface area contributed by atoms with Crippen LogP contribution in [0.3, 0.4) is 0 Å². The predicted molar refractivity (Wildman–Crippen MR) is 69.2 cm³/mol. The maximum absolute atomic E-state index is 11.0. The van der Waals surface area contributed by atoms with Crippen LogP contribution in [0.5, 0.6) is 0 Å². The fourth-order valence-corrected chi connectivity index (χ4v) is 2.32. The van der Waals surface area contributed by atoms with Crippen molar-refractivity contribution in [1.82, 2.24) is 14.5 Å². The van der Waals surface area contributed by atoms with Crippen molar-refractivity contribution in [3.63, 3.8) is 0 Å². The lowest BCUT2D eigenvalue weighted by atomic mass is 10.2. The molecule has 6 heteroatoms. The molecule has 1 N–H and O–H groups in total. The Bertz CT molecular complexity index is 635. The van der Waals surface area contributed by atoms with Crippen molar-refractivity contribution in [1.29, 1.82) is 0 Å². The minimum absolute atomic E-state index is 0.252. The Morgan fingerprint density at radius 2 is 2.21 bits per heavy atom. The van der Waals surface area contributed by atoms with E-state index in [0.29, 0.717) is 12.2 Å². The molecule has 19 heavy (non-hydrogen) atoms. The Morgan fingerprint density at radius 1 is 1.37 bits per heavy atom. The van der Waals surface area contributed by atoms with Gasteiger partial charge in [-0.2, -0.15) is 0 Å². The van der Waals surface area contributed by atoms with E-state index in [0.717, 1.165) is 24.7 Å². The van der Waals surface area contributed by atoms with Gasteiger partial charge >= 0.3 is 5.97 Å². The lowest BCUT2D eigenvalue weighted by Gasteiger charge is -2.28. The standard InChI is InChI=1S/C13H14N4O2/c1-9-10(13(18)19)2-3-11(15-9)17-7-6-16-5-4-14-12(16)8-17/h2-5H,6-8H2,1H3,(H,18,19). The molecule has 0 bridgehead atoms. The number of anilines is 1. The number of carboxylic acids is 1. The van der Waals surface area contributed by atoms with E-state index in [1.807, 2.05) is 6.20 Å². The molecular weight excluding hydrogens is 244 g/mol. The summed E-state index contributed by atoms with van der Waals surface area (Å²) >= 11 is 0. The van der Waals surface area contributed by atoms with Gasteiger partial charge in [0.05, 0.1) is 17.8 Å². The minimum Gasteiger partial charge on any atom is -0.478 e. The third kappa shape index (κ3) is 2.05. The van der Waals surface area contributed by atoms with Gasteiger partial charge in [-0.1, -0.05) is 0 Å². The first-order chi connectivity index (χ1) is 9.15. The maximum atomic E-state index is 11.0. The molecule has 0 unspecified atom stereocenters. The zero-order valence-corrected chi connectivity index (χ0v) is 10.6. The average Bonchev–Trinajstić information content (AvgIpc) is 2.85. The maximum Gasteiger partial charge on any atom is 0.337 e. The molecule has 0 fully saturated rings. The van der Waals surface area contributed by atoms with Crippen molar-refractivity contribution in [2.45, 2.75) is 20.0 Å². The molecule has 3 heterocycles. The predicted octanol–water partition coefficient (Wildman–Crippen LogP) is 1.30. The third-order valence-electron chi connectivity index (χ3n) is 3.37. The molecule has 0 aromatic carbocycles. The summed E-state index contributed by atoms with van der Waals surface area (Å²) in [5.74, 6) is 0.871. The summed E-state index contributed by atoms with van der Waals surface area (Å²) in [4.78, 5) is 21.8. The van der Waals surface area contributed by atoms with Gasteiger partial charge in [-0.15, -0.1) is 0 Å². The van der Waals surface area contributed by atoms with E-state index in [1.54, 1.807) is 25.3 Å². The normalized spacial score (nSPS) is 14.3. The van der Waals surface area contributed by atoms with Crippen LogP contribution < -0.4 is 4.90 Å². The van der Waals surface area contributed by atoms with Gasteiger partial charge in [0, 0.05) is 25.5 Å². The van der Waals surface area contributed by atoms with Crippen molar-refractivity contribution in [3.05, 3.63) is 41.6 Å². The summed E-state index contributed by atoms with van der Waals surface area (Å²) in [6, 6.07) is 3.37. The van der Waals surface area contributed by atoms with Crippen LogP contribution in [0.2, 0.25) is 0 Å². The lowest BCUT2D eigenvalue weighted by molar-refractivity contribution is 0.0695. The fraction of sp³-hybridized carbons (Fsp3) is 0.308. The second-order valence-corrected chi connectivity index (χ2v) is 4.57. The first-order valence-electron chi connectivity index (χ1n) is 6.11. The Kier molecular flexibility index (Phi) is 2.70. The molecule has 3 rings (SSSR count). The van der Waals surface area contributed by atoms with Gasteiger partial charge in [-0.3, -0.25) is 0 Å². The lowest BCUT2D eigenvalue weighted by Crippen LogP contribution is -2.34. The van der Waals surface area contributed by atoms with Crippen LogP contribution in [0.4, 0.5) is 5.82 Å². The molecule has 0 amide bonds. The smallest absolute Gasteiger partial charge is 0.337 e. The van der Waals surface area contributed by atoms with Gasteiger partial charge in [0.25, 0.3) is 0 Å². The van der Waals surface area contributed by atoms with Crippen molar-refractivity contribution in [2.75, 3.05) is 11.4 Å². The highest BCUT2D eigenvalue weighted by atomic mass is 16.4. The van der Waals surface area contributed by atoms with Gasteiger partial charge in [-0.25, -0.2) is 14.8 Å². The third-order valence-corrected chi connectivity index (χ3v) is 3.37. The van der Waals surface area contributed by atoms with Crippen LogP contribution in [-0.4, -0.2) is 32.2 Å². The molecular formula is C13H14N4O2. The monoisotopic (exact) mass is 258 g/mol. The first-order valence-corrected chi connectivity index (χ1v) is 6.11. The fourth-order valence-electron chi connectivity index (χ4n) is 2.32. The molecule has 0 radical (unpaired) electrons. The van der Waals surface area contributed by atoms with Crippen molar-refractivity contribution in [2.24, 2.45) is 0 Å². The number of aromatic nitrogens is 3. The van der Waals surface area contributed by atoms with E-state index >= 15 is 0 Å². The van der Waals surface area contributed by atoms with Gasteiger partial charge in [0.15, 0.2) is 0 Å². The summed E-state index contributed by atoms with van der Waals surface area (Å²) in [5.41, 5.74) is 0.793. The number of fused-ring (bicyclic) bond motifs is 1. The number of imidazole rings is 1. The first kappa shape index (κ1) is 11.7. The quantitative estimate of drug-likeness (QED) is 0.879. The number of nitrogens with zero attached hydrogens (tertiary/aromatic N) is 4. The summed E-state index contributed by atoms with van der Waals surface area (Å²) in [5, 5.41) is 9.00. The molecule has 0 aliphatic carbocycles. The van der Waals surface area contributed by atoms with Crippen LogP contribution in [0.15, 0.2) is 24.5 Å². The van der Waals surface area contributed by atoms with Gasteiger partial charge in [0.1, 0.15) is 11.6 Å². The number of carbonyl (C=O) groups is 1. The topological polar surface area (TPSA) is 71.2 Å². The highest BCUT2D eigenvalue weighted by molar-refractivity contribution is 5.89. The second-order valence-electron chi connectivity index (χ2n) is 4.57. The SMILES string of the molecule is Cc1nc(N2CCn3ccnc3C2)ccc1C(=O)O. The highest BCUT2D eigenvalue weighted by Gasteiger charge is 2.19. The van der Waals surface area contributed by atoms with E-state index in [4.69, 9.17) is 5.11 Å². The average molecular weight is 258 g/mol. The van der Waals surface area contributed by atoms with E-state index < -0.39 is 5.97 Å². The van der Waals surface area contributed by atoms with E-state index in [-0.39, 0.29) is 5.56 Å². The van der Waals surface area contributed by atoms with Crippen molar-refractivity contribution >= 4 is 11.8 Å². The van der Waals surface area contributed by atoms with Crippen LogP contribution in [0, 0.1) is 6.92 Å². The van der Waals surface area contributed by atoms with Crippen molar-refractivity contribution < 1.29 is 9.90 Å². The molecule has 2 aromatic heterocycles. The summed E-state index contributed by atoms with van der Waals surface area (Å²) in [6.45, 7) is 4.14. The molecule has 0 saturated carbocycles. The van der Waals surface area contributed by atoms with E-state index in [1.165, 1.54) is 0 Å². The summed E-state index contributed by atoms with van der Waals surface area (Å²) in [7, 11) is 0. The molecule has 0 saturated heterocycles.